The summed E-state index contributed by atoms with van der Waals surface area (Å²) in [6.45, 7) is 2.18. The Bertz CT molecular complexity index is 1140. The fourth-order valence-corrected chi connectivity index (χ4v) is 5.12. The second kappa shape index (κ2) is 9.16. The van der Waals surface area contributed by atoms with Crippen molar-refractivity contribution in [2.45, 2.75) is 62.1 Å². The van der Waals surface area contributed by atoms with E-state index in [1.807, 2.05) is 31.2 Å². The van der Waals surface area contributed by atoms with Gasteiger partial charge in [-0.25, -0.2) is 0 Å². The molecule has 5 rings (SSSR count). The van der Waals surface area contributed by atoms with Gasteiger partial charge in [0, 0.05) is 11.7 Å². The van der Waals surface area contributed by atoms with Crippen LogP contribution in [-0.2, 0) is 24.2 Å². The number of fused-ring (bicyclic) bond motifs is 1. The van der Waals surface area contributed by atoms with E-state index in [1.54, 1.807) is 6.07 Å². The number of rotatable bonds is 8. The lowest BCUT2D eigenvalue weighted by molar-refractivity contribution is -0.115. The highest BCUT2D eigenvalue weighted by atomic mass is 35.5. The monoisotopic (exact) mass is 468 g/mol. The summed E-state index contributed by atoms with van der Waals surface area (Å²) in [6.07, 6.45) is 5.58. The third-order valence-electron chi connectivity index (χ3n) is 5.86. The van der Waals surface area contributed by atoms with Gasteiger partial charge in [0.25, 0.3) is 0 Å². The maximum atomic E-state index is 12.8. The van der Waals surface area contributed by atoms with Crippen LogP contribution in [0.5, 0.6) is 5.75 Å². The Morgan fingerprint density at radius 3 is 2.84 bits per heavy atom. The van der Waals surface area contributed by atoms with Gasteiger partial charge in [0.15, 0.2) is 11.0 Å². The highest BCUT2D eigenvalue weighted by Gasteiger charge is 2.31. The van der Waals surface area contributed by atoms with Crippen molar-refractivity contribution >= 4 is 35.0 Å². The number of carbonyl (C=O) groups is 1. The Balaban J connectivity index is 1.25. The van der Waals surface area contributed by atoms with Gasteiger partial charge in [0.1, 0.15) is 12.4 Å². The van der Waals surface area contributed by atoms with Gasteiger partial charge in [0.2, 0.25) is 5.91 Å². The molecule has 2 aliphatic rings. The zero-order chi connectivity index (χ0) is 22.1. The van der Waals surface area contributed by atoms with Crippen LogP contribution < -0.4 is 10.1 Å². The molecule has 1 heterocycles. The minimum atomic E-state index is -0.303. The summed E-state index contributed by atoms with van der Waals surface area (Å²) in [5.41, 5.74) is 3.61. The van der Waals surface area contributed by atoms with E-state index in [0.29, 0.717) is 16.8 Å². The number of halogens is 1. The number of amides is 1. The summed E-state index contributed by atoms with van der Waals surface area (Å²) in [6, 6.07) is 14.0. The van der Waals surface area contributed by atoms with Crippen LogP contribution in [0, 0.1) is 0 Å². The second-order valence-electron chi connectivity index (χ2n) is 8.31. The van der Waals surface area contributed by atoms with Gasteiger partial charge in [-0.3, -0.25) is 9.36 Å². The first kappa shape index (κ1) is 21.3. The lowest BCUT2D eigenvalue weighted by Gasteiger charge is -2.14. The molecule has 1 saturated carbocycles. The minimum absolute atomic E-state index is 0.0350. The number of aromatic nitrogens is 3. The van der Waals surface area contributed by atoms with E-state index in [4.69, 9.17) is 16.3 Å². The largest absolute Gasteiger partial charge is 0.484 e. The molecule has 1 aromatic heterocycles. The number of thioether (sulfide) groups is 1. The molecule has 0 radical (unpaired) electrons. The van der Waals surface area contributed by atoms with E-state index in [-0.39, 0.29) is 17.8 Å². The molecule has 0 aliphatic heterocycles. The SMILES string of the molecule is CC(Sc1nnc(COc2ccccc2Cl)n1C1CC1)C(=O)Nc1ccc2c(c1)CCC2. The maximum absolute atomic E-state index is 12.8. The van der Waals surface area contributed by atoms with Crippen molar-refractivity contribution in [3.05, 3.63) is 64.4 Å². The number of benzene rings is 2. The summed E-state index contributed by atoms with van der Waals surface area (Å²) < 4.78 is 7.99. The summed E-state index contributed by atoms with van der Waals surface area (Å²) in [4.78, 5) is 12.8. The van der Waals surface area contributed by atoms with Crippen LogP contribution in [0.15, 0.2) is 47.6 Å². The molecule has 1 fully saturated rings. The molecule has 2 aliphatic carbocycles. The Hall–Kier alpha value is -2.51. The van der Waals surface area contributed by atoms with Crippen molar-refractivity contribution in [2.24, 2.45) is 0 Å². The van der Waals surface area contributed by atoms with E-state index in [9.17, 15) is 4.79 Å². The van der Waals surface area contributed by atoms with E-state index < -0.39 is 0 Å². The van der Waals surface area contributed by atoms with Crippen molar-refractivity contribution < 1.29 is 9.53 Å². The lowest BCUT2D eigenvalue weighted by Crippen LogP contribution is -2.23. The van der Waals surface area contributed by atoms with E-state index >= 15 is 0 Å². The number of para-hydroxylation sites is 1. The molecule has 166 valence electrons. The summed E-state index contributed by atoms with van der Waals surface area (Å²) >= 11 is 7.63. The minimum Gasteiger partial charge on any atom is -0.484 e. The fourth-order valence-electron chi connectivity index (χ4n) is 3.99. The first-order valence-corrected chi connectivity index (χ1v) is 12.2. The van der Waals surface area contributed by atoms with Gasteiger partial charge in [0.05, 0.1) is 10.3 Å². The van der Waals surface area contributed by atoms with Crippen molar-refractivity contribution in [1.29, 1.82) is 0 Å². The summed E-state index contributed by atoms with van der Waals surface area (Å²) in [5, 5.41) is 12.8. The molecule has 32 heavy (non-hydrogen) atoms. The first-order chi connectivity index (χ1) is 15.6. The van der Waals surface area contributed by atoms with Crippen molar-refractivity contribution in [3.63, 3.8) is 0 Å². The van der Waals surface area contributed by atoms with Crippen LogP contribution in [0.4, 0.5) is 5.69 Å². The van der Waals surface area contributed by atoms with Gasteiger partial charge in [-0.15, -0.1) is 10.2 Å². The molecule has 0 bridgehead atoms. The van der Waals surface area contributed by atoms with Crippen LogP contribution in [0.1, 0.15) is 49.2 Å². The number of hydrogen-bond donors (Lipinski definition) is 1. The molecule has 2 aromatic carbocycles. The zero-order valence-electron chi connectivity index (χ0n) is 17.9. The molecule has 8 heteroatoms. The molecule has 3 aromatic rings. The number of aryl methyl sites for hydroxylation is 2. The quantitative estimate of drug-likeness (QED) is 0.445. The van der Waals surface area contributed by atoms with E-state index in [2.05, 4.69) is 32.2 Å². The average Bonchev–Trinajstić information content (AvgIpc) is 3.38. The summed E-state index contributed by atoms with van der Waals surface area (Å²) in [7, 11) is 0. The van der Waals surface area contributed by atoms with Gasteiger partial charge in [-0.05, 0) is 74.4 Å². The highest BCUT2D eigenvalue weighted by molar-refractivity contribution is 8.00. The predicted molar refractivity (Wildman–Crippen MR) is 126 cm³/mol. The molecule has 0 saturated heterocycles. The molecule has 0 spiro atoms. The third kappa shape index (κ3) is 4.64. The average molecular weight is 469 g/mol. The van der Waals surface area contributed by atoms with Crippen LogP contribution >= 0.6 is 23.4 Å². The third-order valence-corrected chi connectivity index (χ3v) is 7.23. The zero-order valence-corrected chi connectivity index (χ0v) is 19.5. The number of nitrogens with one attached hydrogen (secondary N) is 1. The number of hydrogen-bond acceptors (Lipinski definition) is 5. The summed E-state index contributed by atoms with van der Waals surface area (Å²) in [5.74, 6) is 1.34. The molecule has 6 nitrogen and oxygen atoms in total. The number of anilines is 1. The smallest absolute Gasteiger partial charge is 0.237 e. The Labute approximate surface area is 196 Å². The van der Waals surface area contributed by atoms with Crippen LogP contribution in [0.3, 0.4) is 0 Å². The highest BCUT2D eigenvalue weighted by Crippen LogP contribution is 2.40. The van der Waals surface area contributed by atoms with Gasteiger partial charge < -0.3 is 10.1 Å². The Morgan fingerprint density at radius 2 is 2.03 bits per heavy atom. The first-order valence-electron chi connectivity index (χ1n) is 11.0. The topological polar surface area (TPSA) is 69.0 Å². The molecule has 1 amide bonds. The molecular weight excluding hydrogens is 444 g/mol. The van der Waals surface area contributed by atoms with Gasteiger partial charge in [-0.2, -0.15) is 0 Å². The van der Waals surface area contributed by atoms with Crippen LogP contribution in [0.2, 0.25) is 5.02 Å². The normalized spacial score (nSPS) is 15.9. The Morgan fingerprint density at radius 1 is 1.22 bits per heavy atom. The molecule has 1 atom stereocenters. The fraction of sp³-hybridized carbons (Fsp3) is 0.375. The molecule has 1 unspecified atom stereocenters. The van der Waals surface area contributed by atoms with Crippen molar-refractivity contribution in [3.8, 4) is 5.75 Å². The predicted octanol–water partition coefficient (Wildman–Crippen LogP) is 5.45. The lowest BCUT2D eigenvalue weighted by atomic mass is 10.1. The van der Waals surface area contributed by atoms with Crippen LogP contribution in [-0.4, -0.2) is 25.9 Å². The number of ether oxygens (including phenoxy) is 1. The van der Waals surface area contributed by atoms with Crippen LogP contribution in [0.25, 0.3) is 0 Å². The maximum Gasteiger partial charge on any atom is 0.237 e. The van der Waals surface area contributed by atoms with Gasteiger partial charge >= 0.3 is 0 Å². The van der Waals surface area contributed by atoms with Crippen molar-refractivity contribution in [2.75, 3.05) is 5.32 Å². The second-order valence-corrected chi connectivity index (χ2v) is 10.0. The Kier molecular flexibility index (Phi) is 6.11. The van der Waals surface area contributed by atoms with E-state index in [0.717, 1.165) is 42.4 Å². The number of nitrogens with zero attached hydrogens (tertiary/aromatic N) is 3. The molecule has 1 N–H and O–H groups in total. The number of carbonyl (C=O) groups excluding carboxylic acids is 1. The molecular formula is C24H25ClN4O2S. The standard InChI is InChI=1S/C24H25ClN4O2S/c1-15(23(30)26-18-10-9-16-5-4-6-17(16)13-18)32-24-28-27-22(29(24)19-11-12-19)14-31-21-8-3-2-7-20(21)25/h2-3,7-10,13,15,19H,4-6,11-12,14H2,1H3,(H,26,30). The van der Waals surface area contributed by atoms with Crippen molar-refractivity contribution in [1.82, 2.24) is 14.8 Å². The van der Waals surface area contributed by atoms with E-state index in [1.165, 1.54) is 29.3 Å². The van der Waals surface area contributed by atoms with Gasteiger partial charge in [-0.1, -0.05) is 41.6 Å².